The molecule has 0 radical (unpaired) electrons. The highest BCUT2D eigenvalue weighted by Crippen LogP contribution is 2.34. The number of ether oxygens (including phenoxy) is 3. The maximum atomic E-state index is 12.0. The molecule has 0 aromatic rings. The zero-order chi connectivity index (χ0) is 17.8. The van der Waals surface area contributed by atoms with E-state index in [1.54, 1.807) is 13.8 Å². The lowest BCUT2D eigenvalue weighted by Gasteiger charge is -2.33. The van der Waals surface area contributed by atoms with Crippen LogP contribution in [-0.4, -0.2) is 57.8 Å². The summed E-state index contributed by atoms with van der Waals surface area (Å²) in [7, 11) is -0.917. The summed E-state index contributed by atoms with van der Waals surface area (Å²) in [6.07, 6.45) is -2.47. The van der Waals surface area contributed by atoms with E-state index in [1.165, 1.54) is 7.11 Å². The minimum Gasteiger partial charge on any atom is -0.467 e. The number of hydrogen-bond acceptors (Lipinski definition) is 7. The number of azide groups is 1. The Kier molecular flexibility index (Phi) is 6.31. The van der Waals surface area contributed by atoms with E-state index in [2.05, 4.69) is 10.0 Å². The van der Waals surface area contributed by atoms with Crippen LogP contribution < -0.4 is 0 Å². The van der Waals surface area contributed by atoms with Crippen molar-refractivity contribution in [3.8, 4) is 0 Å². The number of nitrogens with zero attached hydrogens (tertiary/aromatic N) is 3. The molecule has 23 heavy (non-hydrogen) atoms. The maximum Gasteiger partial charge on any atom is 0.337 e. The van der Waals surface area contributed by atoms with Crippen LogP contribution in [0.3, 0.4) is 0 Å². The second kappa shape index (κ2) is 7.41. The zero-order valence-electron chi connectivity index (χ0n) is 14.2. The SMILES string of the molecule is COC(=O)[C@H]1OC(C)(C)O[C@H]1[C@H](O[Si](C)(C)C)[C@@H](C=O)N=[N+]=[N-]. The Labute approximate surface area is 136 Å². The largest absolute Gasteiger partial charge is 0.467 e. The van der Waals surface area contributed by atoms with Gasteiger partial charge >= 0.3 is 5.97 Å². The maximum absolute atomic E-state index is 12.0. The first-order valence-electron chi connectivity index (χ1n) is 7.15. The highest BCUT2D eigenvalue weighted by atomic mass is 28.4. The molecule has 1 saturated heterocycles. The molecule has 1 aliphatic heterocycles. The number of carbonyl (C=O) groups excluding carboxylic acids is 2. The predicted octanol–water partition coefficient (Wildman–Crippen LogP) is 1.78. The summed E-state index contributed by atoms with van der Waals surface area (Å²) in [4.78, 5) is 26.0. The van der Waals surface area contributed by atoms with Gasteiger partial charge in [-0.05, 0) is 39.0 Å². The van der Waals surface area contributed by atoms with Crippen molar-refractivity contribution in [2.75, 3.05) is 7.11 Å². The Balaban J connectivity index is 3.23. The van der Waals surface area contributed by atoms with Crippen molar-refractivity contribution in [2.45, 2.75) is 63.6 Å². The average Bonchev–Trinajstić information content (AvgIpc) is 2.76. The minimum atomic E-state index is -2.15. The van der Waals surface area contributed by atoms with Crippen LogP contribution >= 0.6 is 0 Å². The Bertz CT molecular complexity index is 500. The van der Waals surface area contributed by atoms with Crippen LogP contribution in [0.15, 0.2) is 5.11 Å². The van der Waals surface area contributed by atoms with E-state index in [1.807, 2.05) is 19.6 Å². The molecule has 0 unspecified atom stereocenters. The fraction of sp³-hybridized carbons (Fsp3) is 0.846. The molecule has 0 saturated carbocycles. The number of rotatable bonds is 7. The van der Waals surface area contributed by atoms with Crippen LogP contribution in [0, 0.1) is 0 Å². The van der Waals surface area contributed by atoms with Crippen molar-refractivity contribution >= 4 is 20.6 Å². The Hall–Kier alpha value is -1.45. The molecule has 0 aliphatic carbocycles. The molecule has 0 amide bonds. The van der Waals surface area contributed by atoms with E-state index in [9.17, 15) is 9.59 Å². The topological polar surface area (TPSA) is 120 Å². The van der Waals surface area contributed by atoms with Gasteiger partial charge in [0, 0.05) is 4.91 Å². The van der Waals surface area contributed by atoms with Gasteiger partial charge in [-0.15, -0.1) is 0 Å². The van der Waals surface area contributed by atoms with Gasteiger partial charge in [-0.1, -0.05) is 5.11 Å². The van der Waals surface area contributed by atoms with Gasteiger partial charge in [-0.2, -0.15) is 0 Å². The predicted molar refractivity (Wildman–Crippen MR) is 83.1 cm³/mol. The lowest BCUT2D eigenvalue weighted by atomic mass is 10.0. The van der Waals surface area contributed by atoms with Crippen molar-refractivity contribution in [2.24, 2.45) is 5.11 Å². The van der Waals surface area contributed by atoms with E-state index in [-0.39, 0.29) is 0 Å². The van der Waals surface area contributed by atoms with Crippen LogP contribution in [0.25, 0.3) is 10.4 Å². The third-order valence-electron chi connectivity index (χ3n) is 3.04. The Morgan fingerprint density at radius 1 is 1.39 bits per heavy atom. The zero-order valence-corrected chi connectivity index (χ0v) is 15.2. The number of methoxy groups -OCH3 is 1. The summed E-state index contributed by atoms with van der Waals surface area (Å²) in [6.45, 7) is 9.00. The lowest BCUT2D eigenvalue weighted by Crippen LogP contribution is -2.51. The van der Waals surface area contributed by atoms with Gasteiger partial charge in [0.2, 0.25) is 0 Å². The van der Waals surface area contributed by atoms with Crippen LogP contribution in [0.1, 0.15) is 13.8 Å². The number of carbonyl (C=O) groups is 2. The van der Waals surface area contributed by atoms with Crippen molar-refractivity contribution < 1.29 is 28.2 Å². The minimum absolute atomic E-state index is 0.480. The van der Waals surface area contributed by atoms with Gasteiger partial charge in [0.1, 0.15) is 18.4 Å². The summed E-state index contributed by atoms with van der Waals surface area (Å²) in [5.74, 6) is -1.70. The second-order valence-electron chi connectivity index (χ2n) is 6.57. The van der Waals surface area contributed by atoms with Gasteiger partial charge in [0.25, 0.3) is 0 Å². The van der Waals surface area contributed by atoms with Crippen LogP contribution in [0.4, 0.5) is 0 Å². The normalized spacial score (nSPS) is 26.0. The van der Waals surface area contributed by atoms with Crippen molar-refractivity contribution in [3.63, 3.8) is 0 Å². The molecule has 0 spiro atoms. The van der Waals surface area contributed by atoms with Gasteiger partial charge in [-0.25, -0.2) is 4.79 Å². The standard InChI is InChI=1S/C13H23N3O6Si/c1-13(2)20-10(11(21-13)12(18)19-3)9(22-23(4,5)6)8(7-17)15-16-14/h7-11H,1-6H3/t8-,9-,10+,11+/m1/s1. The monoisotopic (exact) mass is 345 g/mol. The first-order chi connectivity index (χ1) is 10.5. The van der Waals surface area contributed by atoms with E-state index in [0.717, 1.165) is 0 Å². The molecule has 0 aromatic heterocycles. The van der Waals surface area contributed by atoms with E-state index < -0.39 is 44.4 Å². The van der Waals surface area contributed by atoms with E-state index in [0.29, 0.717) is 6.29 Å². The Morgan fingerprint density at radius 3 is 2.43 bits per heavy atom. The van der Waals surface area contributed by atoms with Crippen LogP contribution in [0.5, 0.6) is 0 Å². The van der Waals surface area contributed by atoms with Crippen molar-refractivity contribution in [1.82, 2.24) is 0 Å². The highest BCUT2D eigenvalue weighted by molar-refractivity contribution is 6.69. The highest BCUT2D eigenvalue weighted by Gasteiger charge is 2.52. The Morgan fingerprint density at radius 2 is 2.00 bits per heavy atom. The first kappa shape index (κ1) is 19.6. The molecule has 1 rings (SSSR count). The van der Waals surface area contributed by atoms with Crippen molar-refractivity contribution in [1.29, 1.82) is 0 Å². The smallest absolute Gasteiger partial charge is 0.337 e. The summed E-state index contributed by atoms with van der Waals surface area (Å²) >= 11 is 0. The fourth-order valence-corrected chi connectivity index (χ4v) is 3.39. The number of esters is 1. The molecule has 1 aliphatic rings. The van der Waals surface area contributed by atoms with E-state index >= 15 is 0 Å². The molecule has 130 valence electrons. The lowest BCUT2D eigenvalue weighted by molar-refractivity contribution is -0.169. The van der Waals surface area contributed by atoms with Gasteiger partial charge < -0.3 is 23.4 Å². The van der Waals surface area contributed by atoms with Crippen LogP contribution in [0.2, 0.25) is 19.6 Å². The summed E-state index contributed by atoms with van der Waals surface area (Å²) < 4.78 is 22.0. The molecular formula is C13H23N3O6Si. The molecule has 9 nitrogen and oxygen atoms in total. The molecule has 4 atom stereocenters. The third kappa shape index (κ3) is 5.29. The van der Waals surface area contributed by atoms with Crippen molar-refractivity contribution in [3.05, 3.63) is 10.4 Å². The summed E-state index contributed by atoms with van der Waals surface area (Å²) in [5, 5.41) is 3.46. The number of aldehydes is 1. The summed E-state index contributed by atoms with van der Waals surface area (Å²) in [6, 6.07) is -1.14. The fourth-order valence-electron chi connectivity index (χ4n) is 2.30. The third-order valence-corrected chi connectivity index (χ3v) is 4.02. The molecule has 10 heteroatoms. The second-order valence-corrected chi connectivity index (χ2v) is 11.0. The van der Waals surface area contributed by atoms with Gasteiger partial charge in [0.05, 0.1) is 13.2 Å². The first-order valence-corrected chi connectivity index (χ1v) is 10.6. The van der Waals surface area contributed by atoms with E-state index in [4.69, 9.17) is 24.2 Å². The molecule has 0 N–H and O–H groups in total. The molecule has 1 fully saturated rings. The molecular weight excluding hydrogens is 322 g/mol. The molecule has 1 heterocycles. The van der Waals surface area contributed by atoms with Gasteiger partial charge in [-0.3, -0.25) is 0 Å². The molecule has 0 bridgehead atoms. The van der Waals surface area contributed by atoms with Gasteiger partial charge in [0.15, 0.2) is 20.2 Å². The van der Waals surface area contributed by atoms with Crippen LogP contribution in [-0.2, 0) is 28.2 Å². The average molecular weight is 345 g/mol. The quantitative estimate of drug-likeness (QED) is 0.173. The molecule has 0 aromatic carbocycles. The number of hydrogen-bond donors (Lipinski definition) is 0. The summed E-state index contributed by atoms with van der Waals surface area (Å²) in [5.41, 5.74) is 8.67.